The van der Waals surface area contributed by atoms with Gasteiger partial charge in [0.05, 0.1) is 12.3 Å². The molecule has 1 aliphatic heterocycles. The highest BCUT2D eigenvalue weighted by atomic mass is 16.3. The first-order valence-electron chi connectivity index (χ1n) is 8.85. The van der Waals surface area contributed by atoms with Gasteiger partial charge < -0.3 is 10.4 Å². The number of rotatable bonds is 7. The molecule has 0 saturated carbocycles. The molecule has 24 heavy (non-hydrogen) atoms. The molecule has 2 N–H and O–H groups in total. The van der Waals surface area contributed by atoms with E-state index in [1.807, 2.05) is 42.5 Å². The van der Waals surface area contributed by atoms with Crippen molar-refractivity contribution in [2.75, 3.05) is 31.6 Å². The van der Waals surface area contributed by atoms with Crippen molar-refractivity contribution in [1.82, 2.24) is 15.1 Å². The van der Waals surface area contributed by atoms with Crippen LogP contribution in [-0.2, 0) is 0 Å². The summed E-state index contributed by atoms with van der Waals surface area (Å²) in [4.78, 5) is 2.41. The van der Waals surface area contributed by atoms with Gasteiger partial charge in [-0.15, -0.1) is 10.2 Å². The summed E-state index contributed by atoms with van der Waals surface area (Å²) in [5.41, 5.74) is 1.97. The number of hydrogen-bond acceptors (Lipinski definition) is 5. The zero-order valence-corrected chi connectivity index (χ0v) is 14.1. The smallest absolute Gasteiger partial charge is 0.148 e. The summed E-state index contributed by atoms with van der Waals surface area (Å²) in [6.45, 7) is 3.28. The summed E-state index contributed by atoms with van der Waals surface area (Å²) in [5.74, 6) is 0.812. The van der Waals surface area contributed by atoms with Gasteiger partial charge in [-0.3, -0.25) is 4.90 Å². The Bertz CT molecular complexity index is 603. The van der Waals surface area contributed by atoms with Crippen LogP contribution >= 0.6 is 0 Å². The first-order chi connectivity index (χ1) is 11.9. The first kappa shape index (κ1) is 16.9. The van der Waals surface area contributed by atoms with Gasteiger partial charge in [0.1, 0.15) is 5.82 Å². The molecule has 128 valence electrons. The molecule has 5 heteroatoms. The van der Waals surface area contributed by atoms with Crippen LogP contribution in [0.2, 0.25) is 0 Å². The molecule has 0 aliphatic carbocycles. The van der Waals surface area contributed by atoms with E-state index in [0.29, 0.717) is 6.04 Å². The number of anilines is 1. The van der Waals surface area contributed by atoms with E-state index in [1.165, 1.54) is 12.8 Å². The zero-order chi connectivity index (χ0) is 16.6. The van der Waals surface area contributed by atoms with Crippen molar-refractivity contribution in [1.29, 1.82) is 0 Å². The second kappa shape index (κ2) is 8.76. The molecule has 1 aliphatic rings. The van der Waals surface area contributed by atoms with E-state index in [2.05, 4.69) is 20.4 Å². The van der Waals surface area contributed by atoms with Crippen LogP contribution in [0.5, 0.6) is 0 Å². The van der Waals surface area contributed by atoms with Gasteiger partial charge >= 0.3 is 0 Å². The molecule has 1 aromatic heterocycles. The summed E-state index contributed by atoms with van der Waals surface area (Å²) < 4.78 is 0. The molecular weight excluding hydrogens is 300 g/mol. The maximum Gasteiger partial charge on any atom is 0.148 e. The molecule has 2 aromatic rings. The van der Waals surface area contributed by atoms with E-state index in [-0.39, 0.29) is 6.61 Å². The number of benzene rings is 1. The van der Waals surface area contributed by atoms with Crippen molar-refractivity contribution in [3.8, 4) is 11.3 Å². The predicted octanol–water partition coefficient (Wildman–Crippen LogP) is 2.79. The minimum atomic E-state index is 0.278. The van der Waals surface area contributed by atoms with Crippen molar-refractivity contribution in [2.45, 2.75) is 31.7 Å². The van der Waals surface area contributed by atoms with Gasteiger partial charge in [-0.2, -0.15) is 0 Å². The third-order valence-electron chi connectivity index (χ3n) is 4.62. The number of nitrogens with one attached hydrogen (secondary N) is 1. The molecule has 3 rings (SSSR count). The Morgan fingerprint density at radius 1 is 1.08 bits per heavy atom. The van der Waals surface area contributed by atoms with Gasteiger partial charge in [-0.05, 0) is 37.9 Å². The van der Waals surface area contributed by atoms with Crippen molar-refractivity contribution in [2.24, 2.45) is 0 Å². The number of aliphatic hydroxyl groups is 1. The van der Waals surface area contributed by atoms with Crippen molar-refractivity contribution < 1.29 is 5.11 Å². The summed E-state index contributed by atoms with van der Waals surface area (Å²) >= 11 is 0. The van der Waals surface area contributed by atoms with Crippen LogP contribution < -0.4 is 5.32 Å². The van der Waals surface area contributed by atoms with Gasteiger partial charge in [0, 0.05) is 24.7 Å². The number of nitrogens with zero attached hydrogens (tertiary/aromatic N) is 3. The highest BCUT2D eigenvalue weighted by Crippen LogP contribution is 2.17. The lowest BCUT2D eigenvalue weighted by atomic mass is 10.0. The van der Waals surface area contributed by atoms with Crippen LogP contribution in [0, 0.1) is 0 Å². The Labute approximate surface area is 143 Å². The molecule has 1 saturated heterocycles. The number of aromatic nitrogens is 2. The molecule has 2 heterocycles. The first-order valence-corrected chi connectivity index (χ1v) is 8.85. The minimum Gasteiger partial charge on any atom is -0.395 e. The van der Waals surface area contributed by atoms with Crippen LogP contribution in [0.1, 0.15) is 25.7 Å². The van der Waals surface area contributed by atoms with E-state index < -0.39 is 0 Å². The van der Waals surface area contributed by atoms with Gasteiger partial charge in [0.25, 0.3) is 0 Å². The molecule has 1 atom stereocenters. The van der Waals surface area contributed by atoms with Crippen molar-refractivity contribution >= 4 is 5.82 Å². The summed E-state index contributed by atoms with van der Waals surface area (Å²) in [5, 5.41) is 21.3. The van der Waals surface area contributed by atoms with E-state index in [4.69, 9.17) is 0 Å². The van der Waals surface area contributed by atoms with Crippen LogP contribution in [0.15, 0.2) is 42.5 Å². The zero-order valence-electron chi connectivity index (χ0n) is 14.1. The molecule has 0 unspecified atom stereocenters. The number of likely N-dealkylation sites (tertiary alicyclic amines) is 1. The van der Waals surface area contributed by atoms with Gasteiger partial charge in [-0.1, -0.05) is 36.8 Å². The lowest BCUT2D eigenvalue weighted by Crippen LogP contribution is -2.42. The molecular formula is C19H26N4O. The van der Waals surface area contributed by atoms with E-state index in [1.54, 1.807) is 0 Å². The standard InChI is InChI=1S/C19H26N4O/c24-15-17-9-4-5-13-23(17)14-6-12-20-19-11-10-18(21-22-19)16-7-2-1-3-8-16/h1-3,7-8,10-11,17,24H,4-6,9,12-15H2,(H,20,22)/t17-/m1/s1. The molecule has 0 bridgehead atoms. The fraction of sp³-hybridized carbons (Fsp3) is 0.474. The second-order valence-electron chi connectivity index (χ2n) is 6.32. The molecule has 0 amide bonds. The number of hydrogen-bond donors (Lipinski definition) is 2. The van der Waals surface area contributed by atoms with Crippen LogP contribution in [-0.4, -0.2) is 52.5 Å². The summed E-state index contributed by atoms with van der Waals surface area (Å²) in [7, 11) is 0. The summed E-state index contributed by atoms with van der Waals surface area (Å²) in [6.07, 6.45) is 4.65. The quantitative estimate of drug-likeness (QED) is 0.766. The van der Waals surface area contributed by atoms with Gasteiger partial charge in [0.2, 0.25) is 0 Å². The fourth-order valence-corrected chi connectivity index (χ4v) is 3.25. The average Bonchev–Trinajstić information content (AvgIpc) is 2.67. The largest absolute Gasteiger partial charge is 0.395 e. The van der Waals surface area contributed by atoms with Crippen LogP contribution in [0.4, 0.5) is 5.82 Å². The number of piperidine rings is 1. The van der Waals surface area contributed by atoms with Crippen molar-refractivity contribution in [3.63, 3.8) is 0 Å². The molecule has 5 nitrogen and oxygen atoms in total. The van der Waals surface area contributed by atoms with Crippen molar-refractivity contribution in [3.05, 3.63) is 42.5 Å². The highest BCUT2D eigenvalue weighted by molar-refractivity contribution is 5.59. The SMILES string of the molecule is OC[C@H]1CCCCN1CCCNc1ccc(-c2ccccc2)nn1. The Balaban J connectivity index is 1.44. The Morgan fingerprint density at radius 3 is 2.71 bits per heavy atom. The van der Waals surface area contributed by atoms with E-state index in [0.717, 1.165) is 49.6 Å². The topological polar surface area (TPSA) is 61.3 Å². The third kappa shape index (κ3) is 4.52. The maximum absolute atomic E-state index is 9.44. The fourth-order valence-electron chi connectivity index (χ4n) is 3.25. The van der Waals surface area contributed by atoms with Gasteiger partial charge in [0.15, 0.2) is 0 Å². The number of aliphatic hydroxyl groups excluding tert-OH is 1. The maximum atomic E-state index is 9.44. The molecule has 0 spiro atoms. The lowest BCUT2D eigenvalue weighted by molar-refractivity contribution is 0.0901. The highest BCUT2D eigenvalue weighted by Gasteiger charge is 2.20. The second-order valence-corrected chi connectivity index (χ2v) is 6.32. The monoisotopic (exact) mass is 326 g/mol. The average molecular weight is 326 g/mol. The Kier molecular flexibility index (Phi) is 6.15. The summed E-state index contributed by atoms with van der Waals surface area (Å²) in [6, 6.07) is 14.4. The van der Waals surface area contributed by atoms with Crippen LogP contribution in [0.3, 0.4) is 0 Å². The Hall–Kier alpha value is -1.98. The molecule has 0 radical (unpaired) electrons. The van der Waals surface area contributed by atoms with E-state index in [9.17, 15) is 5.11 Å². The minimum absolute atomic E-state index is 0.278. The lowest BCUT2D eigenvalue weighted by Gasteiger charge is -2.34. The predicted molar refractivity (Wildman–Crippen MR) is 96.9 cm³/mol. The molecule has 1 fully saturated rings. The third-order valence-corrected chi connectivity index (χ3v) is 4.62. The normalized spacial score (nSPS) is 18.5. The molecule has 1 aromatic carbocycles. The van der Waals surface area contributed by atoms with E-state index >= 15 is 0 Å². The van der Waals surface area contributed by atoms with Gasteiger partial charge in [-0.25, -0.2) is 0 Å². The van der Waals surface area contributed by atoms with Crippen LogP contribution in [0.25, 0.3) is 11.3 Å². The Morgan fingerprint density at radius 2 is 1.96 bits per heavy atom.